The number of carboxylic acids is 1. The molecule has 1 aromatic heterocycles. The summed E-state index contributed by atoms with van der Waals surface area (Å²) in [4.78, 5) is 17.0. The molecule has 0 saturated carbocycles. The van der Waals surface area contributed by atoms with Gasteiger partial charge in [-0.1, -0.05) is 18.7 Å². The van der Waals surface area contributed by atoms with Crippen LogP contribution in [0.1, 0.15) is 24.4 Å². The van der Waals surface area contributed by atoms with Crippen LogP contribution in [-0.2, 0) is 14.9 Å². The molecule has 1 heterocycles. The number of carbonyl (C=O) groups is 1. The molecule has 0 bridgehead atoms. The van der Waals surface area contributed by atoms with Gasteiger partial charge in [-0.25, -0.2) is 13.2 Å². The first-order valence-corrected chi connectivity index (χ1v) is 7.18. The molecule has 0 aliphatic rings. The van der Waals surface area contributed by atoms with Crippen molar-refractivity contribution in [3.05, 3.63) is 16.5 Å². The second-order valence-electron chi connectivity index (χ2n) is 3.85. The van der Waals surface area contributed by atoms with Crippen LogP contribution in [0.4, 0.5) is 0 Å². The van der Waals surface area contributed by atoms with E-state index < -0.39 is 21.8 Å². The lowest BCUT2D eigenvalue weighted by atomic mass is 10.2. The summed E-state index contributed by atoms with van der Waals surface area (Å²) < 4.78 is 28.0. The highest BCUT2D eigenvalue weighted by molar-refractivity contribution is 9.10. The standard InChI is InChI=1S/C9H12BrNO6S/c1-5(2)4-16-11-18(14,15)7-3-6(9(12)13)17-8(7)10/h3,5,11H,4H2,1-2H3,(H,12,13). The van der Waals surface area contributed by atoms with Crippen molar-refractivity contribution in [2.75, 3.05) is 6.61 Å². The Bertz CT molecular complexity index is 535. The molecular weight excluding hydrogens is 330 g/mol. The summed E-state index contributed by atoms with van der Waals surface area (Å²) in [6, 6.07) is 0.896. The molecule has 0 fully saturated rings. The Morgan fingerprint density at radius 3 is 2.67 bits per heavy atom. The topological polar surface area (TPSA) is 106 Å². The van der Waals surface area contributed by atoms with E-state index in [1.807, 2.05) is 18.7 Å². The molecule has 7 nitrogen and oxygen atoms in total. The predicted octanol–water partition coefficient (Wildman–Crippen LogP) is 1.61. The summed E-state index contributed by atoms with van der Waals surface area (Å²) in [5, 5.41) is 8.68. The molecule has 1 aromatic rings. The van der Waals surface area contributed by atoms with Crippen molar-refractivity contribution in [2.24, 2.45) is 5.92 Å². The highest BCUT2D eigenvalue weighted by Gasteiger charge is 2.25. The van der Waals surface area contributed by atoms with Gasteiger partial charge in [-0.2, -0.15) is 0 Å². The van der Waals surface area contributed by atoms with Gasteiger partial charge in [0.1, 0.15) is 4.90 Å². The van der Waals surface area contributed by atoms with E-state index >= 15 is 0 Å². The number of sulfonamides is 1. The minimum absolute atomic E-state index is 0.148. The van der Waals surface area contributed by atoms with E-state index in [1.54, 1.807) is 0 Å². The number of aromatic carboxylic acids is 1. The van der Waals surface area contributed by atoms with E-state index in [2.05, 4.69) is 15.9 Å². The molecule has 0 amide bonds. The zero-order chi connectivity index (χ0) is 13.9. The number of halogens is 1. The highest BCUT2D eigenvalue weighted by Crippen LogP contribution is 2.26. The average Bonchev–Trinajstić information content (AvgIpc) is 2.60. The van der Waals surface area contributed by atoms with Crippen LogP contribution in [-0.4, -0.2) is 26.1 Å². The molecule has 102 valence electrons. The molecular formula is C9H12BrNO6S. The molecule has 0 spiro atoms. The van der Waals surface area contributed by atoms with Gasteiger partial charge in [0.25, 0.3) is 10.0 Å². The summed E-state index contributed by atoms with van der Waals surface area (Å²) in [5.41, 5.74) is 0. The number of hydrogen-bond acceptors (Lipinski definition) is 5. The molecule has 0 aromatic carbocycles. The smallest absolute Gasteiger partial charge is 0.371 e. The van der Waals surface area contributed by atoms with Crippen molar-refractivity contribution in [3.63, 3.8) is 0 Å². The van der Waals surface area contributed by atoms with E-state index in [4.69, 9.17) is 14.4 Å². The summed E-state index contributed by atoms with van der Waals surface area (Å²) in [7, 11) is -3.98. The first-order chi connectivity index (χ1) is 8.24. The van der Waals surface area contributed by atoms with Gasteiger partial charge >= 0.3 is 5.97 Å². The average molecular weight is 342 g/mol. The Morgan fingerprint density at radius 2 is 2.22 bits per heavy atom. The first kappa shape index (κ1) is 15.2. The van der Waals surface area contributed by atoms with Crippen molar-refractivity contribution in [3.8, 4) is 0 Å². The maximum absolute atomic E-state index is 11.8. The monoisotopic (exact) mass is 341 g/mol. The van der Waals surface area contributed by atoms with Crippen LogP contribution >= 0.6 is 15.9 Å². The van der Waals surface area contributed by atoms with Crippen LogP contribution in [0.15, 0.2) is 20.0 Å². The summed E-state index contributed by atoms with van der Waals surface area (Å²) in [6.45, 7) is 3.90. The van der Waals surface area contributed by atoms with E-state index in [0.29, 0.717) is 0 Å². The second-order valence-corrected chi connectivity index (χ2v) is 6.18. The molecule has 0 radical (unpaired) electrons. The Labute approximate surface area is 112 Å². The van der Waals surface area contributed by atoms with Gasteiger partial charge in [0.05, 0.1) is 6.61 Å². The van der Waals surface area contributed by atoms with Gasteiger partial charge < -0.3 is 9.52 Å². The second kappa shape index (κ2) is 5.83. The van der Waals surface area contributed by atoms with E-state index in [1.165, 1.54) is 0 Å². The third-order valence-corrected chi connectivity index (χ3v) is 3.81. The zero-order valence-electron chi connectivity index (χ0n) is 9.64. The van der Waals surface area contributed by atoms with Crippen LogP contribution < -0.4 is 4.89 Å². The number of furan rings is 1. The van der Waals surface area contributed by atoms with Crippen LogP contribution in [0.3, 0.4) is 0 Å². The maximum Gasteiger partial charge on any atom is 0.371 e. The minimum atomic E-state index is -3.98. The molecule has 9 heteroatoms. The van der Waals surface area contributed by atoms with Crippen molar-refractivity contribution in [1.29, 1.82) is 0 Å². The number of hydrogen-bond donors (Lipinski definition) is 2. The van der Waals surface area contributed by atoms with Crippen LogP contribution in [0.25, 0.3) is 0 Å². The van der Waals surface area contributed by atoms with Gasteiger partial charge in [0.15, 0.2) is 4.67 Å². The molecule has 0 unspecified atom stereocenters. The van der Waals surface area contributed by atoms with Crippen molar-refractivity contribution >= 4 is 31.9 Å². The lowest BCUT2D eigenvalue weighted by molar-refractivity contribution is 0.0661. The van der Waals surface area contributed by atoms with E-state index in [0.717, 1.165) is 6.07 Å². The summed E-state index contributed by atoms with van der Waals surface area (Å²) in [6.07, 6.45) is 0. The molecule has 0 aliphatic carbocycles. The molecule has 1 rings (SSSR count). The fraction of sp³-hybridized carbons (Fsp3) is 0.444. The van der Waals surface area contributed by atoms with Gasteiger partial charge in [0, 0.05) is 6.07 Å². The van der Waals surface area contributed by atoms with Crippen LogP contribution in [0.5, 0.6) is 0 Å². The quantitative estimate of drug-likeness (QED) is 0.761. The Hall–Kier alpha value is -0.900. The fourth-order valence-electron chi connectivity index (χ4n) is 0.964. The minimum Gasteiger partial charge on any atom is -0.475 e. The van der Waals surface area contributed by atoms with Crippen molar-refractivity contribution in [1.82, 2.24) is 4.89 Å². The number of carboxylic acid groups (broad SMARTS) is 1. The number of nitrogens with one attached hydrogen (secondary N) is 1. The van der Waals surface area contributed by atoms with Crippen molar-refractivity contribution in [2.45, 2.75) is 18.7 Å². The van der Waals surface area contributed by atoms with Gasteiger partial charge in [-0.3, -0.25) is 4.84 Å². The molecule has 0 saturated heterocycles. The normalized spacial score (nSPS) is 12.0. The van der Waals surface area contributed by atoms with E-state index in [-0.39, 0.29) is 22.1 Å². The molecule has 2 N–H and O–H groups in total. The fourth-order valence-corrected chi connectivity index (χ4v) is 2.72. The van der Waals surface area contributed by atoms with Gasteiger partial charge in [0.2, 0.25) is 5.76 Å². The third-order valence-electron chi connectivity index (χ3n) is 1.74. The van der Waals surface area contributed by atoms with Gasteiger partial charge in [-0.15, -0.1) is 0 Å². The van der Waals surface area contributed by atoms with Crippen molar-refractivity contribution < 1.29 is 27.6 Å². The zero-order valence-corrected chi connectivity index (χ0v) is 12.0. The number of rotatable bonds is 6. The van der Waals surface area contributed by atoms with Crippen LogP contribution in [0, 0.1) is 5.92 Å². The Balaban J connectivity index is 2.88. The van der Waals surface area contributed by atoms with Crippen LogP contribution in [0.2, 0.25) is 0 Å². The summed E-state index contributed by atoms with van der Waals surface area (Å²) >= 11 is 2.84. The largest absolute Gasteiger partial charge is 0.475 e. The third kappa shape index (κ3) is 3.80. The lowest BCUT2D eigenvalue weighted by Gasteiger charge is -2.07. The Morgan fingerprint density at radius 1 is 1.61 bits per heavy atom. The molecule has 0 atom stereocenters. The SMILES string of the molecule is CC(C)CONS(=O)(=O)c1cc(C(=O)O)oc1Br. The maximum atomic E-state index is 11.8. The van der Waals surface area contributed by atoms with E-state index in [9.17, 15) is 13.2 Å². The Kier molecular flexibility index (Phi) is 4.91. The molecule has 0 aliphatic heterocycles. The predicted molar refractivity (Wildman–Crippen MR) is 64.5 cm³/mol. The highest BCUT2D eigenvalue weighted by atomic mass is 79.9. The lowest BCUT2D eigenvalue weighted by Crippen LogP contribution is -2.25. The van der Waals surface area contributed by atoms with Gasteiger partial charge in [-0.05, 0) is 21.8 Å². The first-order valence-electron chi connectivity index (χ1n) is 4.90. The summed E-state index contributed by atoms with van der Waals surface area (Å²) in [5.74, 6) is -1.69. The molecule has 18 heavy (non-hydrogen) atoms.